The first-order valence-corrected chi connectivity index (χ1v) is 10.7. The summed E-state index contributed by atoms with van der Waals surface area (Å²) >= 11 is 0. The molecule has 2 aromatic rings. The molecule has 7 heteroatoms. The number of aryl methyl sites for hydroxylation is 1. The Bertz CT molecular complexity index is 848. The molecule has 0 amide bonds. The molecule has 1 aliphatic rings. The van der Waals surface area contributed by atoms with Crippen LogP contribution >= 0.6 is 0 Å². The average Bonchev–Trinajstić information content (AvgIpc) is 2.68. The van der Waals surface area contributed by atoms with E-state index in [4.69, 9.17) is 4.74 Å². The molecule has 6 nitrogen and oxygen atoms in total. The summed E-state index contributed by atoms with van der Waals surface area (Å²) in [6.07, 6.45) is 3.76. The zero-order valence-corrected chi connectivity index (χ0v) is 16.7. The smallest absolute Gasteiger partial charge is 0.244 e. The Morgan fingerprint density at radius 2 is 2.00 bits per heavy atom. The van der Waals surface area contributed by atoms with Crippen LogP contribution in [-0.2, 0) is 16.6 Å². The van der Waals surface area contributed by atoms with E-state index in [2.05, 4.69) is 14.6 Å². The van der Waals surface area contributed by atoms with Crippen LogP contribution in [0.25, 0.3) is 0 Å². The highest BCUT2D eigenvalue weighted by Crippen LogP contribution is 2.25. The quantitative estimate of drug-likeness (QED) is 0.788. The van der Waals surface area contributed by atoms with E-state index in [0.29, 0.717) is 18.2 Å². The summed E-state index contributed by atoms with van der Waals surface area (Å²) in [5, 5.41) is 0. The maximum atomic E-state index is 12.7. The van der Waals surface area contributed by atoms with Crippen LogP contribution in [0.2, 0.25) is 0 Å². The lowest BCUT2D eigenvalue weighted by molar-refractivity contribution is 0.177. The minimum atomic E-state index is -3.59. The number of rotatable bonds is 7. The van der Waals surface area contributed by atoms with Gasteiger partial charge in [0.05, 0.1) is 12.8 Å². The molecular weight excluding hydrogens is 362 g/mol. The second-order valence-corrected chi connectivity index (χ2v) is 8.78. The molecule has 0 saturated carbocycles. The Kier molecular flexibility index (Phi) is 6.46. The van der Waals surface area contributed by atoms with E-state index in [-0.39, 0.29) is 4.90 Å². The maximum Gasteiger partial charge on any atom is 0.244 e. The number of ether oxygens (including phenoxy) is 1. The highest BCUT2D eigenvalue weighted by molar-refractivity contribution is 7.89. The maximum absolute atomic E-state index is 12.7. The summed E-state index contributed by atoms with van der Waals surface area (Å²) in [4.78, 5) is 6.95. The van der Waals surface area contributed by atoms with Crippen LogP contribution in [0.4, 0.5) is 0 Å². The molecule has 1 aliphatic heterocycles. The molecule has 146 valence electrons. The summed E-state index contributed by atoms with van der Waals surface area (Å²) in [6.45, 7) is 5.08. The Balaban J connectivity index is 1.53. The van der Waals surface area contributed by atoms with Crippen molar-refractivity contribution in [3.8, 4) is 5.75 Å². The Labute approximate surface area is 161 Å². The fourth-order valence-electron chi connectivity index (χ4n) is 3.37. The van der Waals surface area contributed by atoms with Gasteiger partial charge in [0.2, 0.25) is 10.0 Å². The number of hydrogen-bond acceptors (Lipinski definition) is 5. The molecule has 1 aromatic heterocycles. The van der Waals surface area contributed by atoms with Gasteiger partial charge in [0.1, 0.15) is 10.6 Å². The van der Waals surface area contributed by atoms with E-state index >= 15 is 0 Å². The van der Waals surface area contributed by atoms with Crippen LogP contribution in [0, 0.1) is 12.8 Å². The lowest BCUT2D eigenvalue weighted by Gasteiger charge is -2.31. The van der Waals surface area contributed by atoms with Gasteiger partial charge in [-0.3, -0.25) is 9.88 Å². The van der Waals surface area contributed by atoms with Gasteiger partial charge in [-0.15, -0.1) is 0 Å². The third kappa shape index (κ3) is 5.28. The highest BCUT2D eigenvalue weighted by atomic mass is 32.2. The van der Waals surface area contributed by atoms with E-state index < -0.39 is 10.0 Å². The molecule has 3 rings (SSSR count). The number of benzene rings is 1. The number of sulfonamides is 1. The first-order valence-electron chi connectivity index (χ1n) is 9.24. The number of pyridine rings is 1. The highest BCUT2D eigenvalue weighted by Gasteiger charge is 2.24. The van der Waals surface area contributed by atoms with Gasteiger partial charge in [-0.1, -0.05) is 12.1 Å². The molecule has 0 aliphatic carbocycles. The lowest BCUT2D eigenvalue weighted by atomic mass is 9.97. The SMILES string of the molecule is COc1ccc(C)cc1S(=O)(=O)NCC1CCN(Cc2ccccn2)CC1. The van der Waals surface area contributed by atoms with Gasteiger partial charge in [0, 0.05) is 19.3 Å². The minimum absolute atomic E-state index is 0.206. The number of likely N-dealkylation sites (tertiary alicyclic amines) is 1. The van der Waals surface area contributed by atoms with Crippen LogP contribution in [0.15, 0.2) is 47.5 Å². The first-order chi connectivity index (χ1) is 13.0. The predicted molar refractivity (Wildman–Crippen MR) is 105 cm³/mol. The summed E-state index contributed by atoms with van der Waals surface area (Å²) in [7, 11) is -2.10. The normalized spacial score (nSPS) is 16.4. The van der Waals surface area contributed by atoms with Gasteiger partial charge >= 0.3 is 0 Å². The molecule has 1 saturated heterocycles. The molecule has 27 heavy (non-hydrogen) atoms. The number of aromatic nitrogens is 1. The molecule has 0 radical (unpaired) electrons. The third-order valence-corrected chi connectivity index (χ3v) is 6.43. The second-order valence-electron chi connectivity index (χ2n) is 7.05. The van der Waals surface area contributed by atoms with Crippen LogP contribution in [0.1, 0.15) is 24.1 Å². The van der Waals surface area contributed by atoms with Gasteiger partial charge in [-0.05, 0) is 68.6 Å². The van der Waals surface area contributed by atoms with E-state index in [1.54, 1.807) is 12.1 Å². The summed E-state index contributed by atoms with van der Waals surface area (Å²) < 4.78 is 33.4. The largest absolute Gasteiger partial charge is 0.495 e. The van der Waals surface area contributed by atoms with Crippen molar-refractivity contribution in [3.05, 3.63) is 53.9 Å². The minimum Gasteiger partial charge on any atom is -0.495 e. The van der Waals surface area contributed by atoms with Crippen molar-refractivity contribution in [1.82, 2.24) is 14.6 Å². The molecule has 1 aromatic carbocycles. The third-order valence-electron chi connectivity index (χ3n) is 4.99. The van der Waals surface area contributed by atoms with Crippen molar-refractivity contribution in [2.45, 2.75) is 31.2 Å². The number of hydrogen-bond donors (Lipinski definition) is 1. The van der Waals surface area contributed by atoms with Crippen molar-refractivity contribution < 1.29 is 13.2 Å². The van der Waals surface area contributed by atoms with Gasteiger partial charge < -0.3 is 4.74 Å². The van der Waals surface area contributed by atoms with Crippen LogP contribution < -0.4 is 9.46 Å². The lowest BCUT2D eigenvalue weighted by Crippen LogP contribution is -2.38. The van der Waals surface area contributed by atoms with Crippen molar-refractivity contribution >= 4 is 10.0 Å². The first kappa shape index (κ1) is 19.8. The van der Waals surface area contributed by atoms with Gasteiger partial charge in [0.15, 0.2) is 0 Å². The van der Waals surface area contributed by atoms with Gasteiger partial charge in [-0.25, -0.2) is 13.1 Å². The monoisotopic (exact) mass is 389 g/mol. The van der Waals surface area contributed by atoms with Gasteiger partial charge in [-0.2, -0.15) is 0 Å². The molecular formula is C20H27N3O3S. The van der Waals surface area contributed by atoms with E-state index in [9.17, 15) is 8.42 Å². The Morgan fingerprint density at radius 1 is 1.22 bits per heavy atom. The molecule has 0 spiro atoms. The number of methoxy groups -OCH3 is 1. The van der Waals surface area contributed by atoms with Crippen LogP contribution in [0.5, 0.6) is 5.75 Å². The molecule has 2 heterocycles. The van der Waals surface area contributed by atoms with E-state index in [1.165, 1.54) is 7.11 Å². The topological polar surface area (TPSA) is 71.5 Å². The summed E-state index contributed by atoms with van der Waals surface area (Å²) in [5.41, 5.74) is 1.96. The Hall–Kier alpha value is -1.96. The van der Waals surface area contributed by atoms with E-state index in [1.807, 2.05) is 37.4 Å². The van der Waals surface area contributed by atoms with Crippen molar-refractivity contribution in [2.24, 2.45) is 5.92 Å². The summed E-state index contributed by atoms with van der Waals surface area (Å²) in [5.74, 6) is 0.717. The molecule has 1 N–H and O–H groups in total. The fourth-order valence-corrected chi connectivity index (χ4v) is 4.74. The zero-order valence-electron chi connectivity index (χ0n) is 15.9. The van der Waals surface area contributed by atoms with Gasteiger partial charge in [0.25, 0.3) is 0 Å². The summed E-state index contributed by atoms with van der Waals surface area (Å²) in [6, 6.07) is 11.1. The number of piperidine rings is 1. The number of nitrogens with one attached hydrogen (secondary N) is 1. The molecule has 0 bridgehead atoms. The standard InChI is InChI=1S/C20H27N3O3S/c1-16-6-7-19(26-2)20(13-16)27(24,25)22-14-17-8-11-23(12-9-17)15-18-5-3-4-10-21-18/h3-7,10,13,17,22H,8-9,11-12,14-15H2,1-2H3. The van der Waals surface area contributed by atoms with Crippen LogP contribution in [0.3, 0.4) is 0 Å². The second kappa shape index (κ2) is 8.82. The van der Waals surface area contributed by atoms with Crippen molar-refractivity contribution in [3.63, 3.8) is 0 Å². The molecule has 1 fully saturated rings. The predicted octanol–water partition coefficient (Wildman–Crippen LogP) is 2.59. The number of nitrogens with zero attached hydrogens (tertiary/aromatic N) is 2. The molecule has 0 atom stereocenters. The molecule has 0 unspecified atom stereocenters. The van der Waals surface area contributed by atoms with Crippen molar-refractivity contribution in [1.29, 1.82) is 0 Å². The Morgan fingerprint density at radius 3 is 2.67 bits per heavy atom. The fraction of sp³-hybridized carbons (Fsp3) is 0.450. The van der Waals surface area contributed by atoms with Crippen molar-refractivity contribution in [2.75, 3.05) is 26.7 Å². The average molecular weight is 390 g/mol. The zero-order chi connectivity index (χ0) is 19.3. The van der Waals surface area contributed by atoms with E-state index in [0.717, 1.165) is 43.7 Å². The van der Waals surface area contributed by atoms with Crippen LogP contribution in [-0.4, -0.2) is 45.0 Å².